The molecular weight excluding hydrogens is 160 g/mol. The highest BCUT2D eigenvalue weighted by Gasteiger charge is 2.02. The van der Waals surface area contributed by atoms with E-state index in [4.69, 9.17) is 5.73 Å². The molecule has 2 nitrogen and oxygen atoms in total. The predicted molar refractivity (Wildman–Crippen MR) is 56.5 cm³/mol. The molecule has 0 fully saturated rings. The van der Waals surface area contributed by atoms with Gasteiger partial charge in [-0.05, 0) is 24.3 Å². The molecule has 2 N–H and O–H groups in total. The highest BCUT2D eigenvalue weighted by atomic mass is 15.1. The van der Waals surface area contributed by atoms with Crippen LogP contribution in [0.1, 0.15) is 0 Å². The van der Waals surface area contributed by atoms with Crippen LogP contribution in [0.25, 0.3) is 0 Å². The fourth-order valence-corrected chi connectivity index (χ4v) is 1.36. The van der Waals surface area contributed by atoms with Gasteiger partial charge in [0, 0.05) is 24.1 Å². The third-order valence-electron chi connectivity index (χ3n) is 2.02. The largest absolute Gasteiger partial charge is 0.399 e. The van der Waals surface area contributed by atoms with Crippen molar-refractivity contribution in [2.24, 2.45) is 0 Å². The summed E-state index contributed by atoms with van der Waals surface area (Å²) < 4.78 is 0. The Kier molecular flexibility index (Phi) is 2.04. The zero-order valence-electron chi connectivity index (χ0n) is 7.35. The smallest absolute Gasteiger partial charge is 0.0429 e. The summed E-state index contributed by atoms with van der Waals surface area (Å²) in [4.78, 5) is 2.15. The number of nitrogen functional groups attached to an aromatic ring is 1. The average molecular weight is 172 g/mol. The highest BCUT2D eigenvalue weighted by Crippen LogP contribution is 2.18. The number of rotatable bonds is 1. The average Bonchev–Trinajstić information content (AvgIpc) is 2.19. The predicted octanol–water partition coefficient (Wildman–Crippen LogP) is 2.16. The topological polar surface area (TPSA) is 29.3 Å². The molecule has 1 aliphatic rings. The van der Waals surface area contributed by atoms with Gasteiger partial charge in [-0.3, -0.25) is 0 Å². The molecule has 0 aliphatic carbocycles. The molecular formula is C11H12N2. The molecule has 2 rings (SSSR count). The molecule has 0 amide bonds. The molecule has 0 spiro atoms. The van der Waals surface area contributed by atoms with E-state index in [1.807, 2.05) is 30.4 Å². The van der Waals surface area contributed by atoms with Crippen molar-refractivity contribution in [3.05, 3.63) is 48.7 Å². The van der Waals surface area contributed by atoms with Gasteiger partial charge in [0.1, 0.15) is 0 Å². The monoisotopic (exact) mass is 172 g/mol. The number of hydrogen-bond donors (Lipinski definition) is 1. The third kappa shape index (κ3) is 1.72. The first kappa shape index (κ1) is 7.92. The minimum absolute atomic E-state index is 0.806. The molecule has 13 heavy (non-hydrogen) atoms. The van der Waals surface area contributed by atoms with Gasteiger partial charge in [0.25, 0.3) is 0 Å². The van der Waals surface area contributed by atoms with E-state index >= 15 is 0 Å². The van der Waals surface area contributed by atoms with Gasteiger partial charge in [-0.2, -0.15) is 0 Å². The molecule has 1 aromatic rings. The van der Waals surface area contributed by atoms with E-state index in [-0.39, 0.29) is 0 Å². The Hall–Kier alpha value is -1.70. The van der Waals surface area contributed by atoms with Crippen molar-refractivity contribution in [1.82, 2.24) is 0 Å². The molecule has 0 saturated carbocycles. The first-order valence-electron chi connectivity index (χ1n) is 4.32. The molecule has 0 bridgehead atoms. The highest BCUT2D eigenvalue weighted by molar-refractivity contribution is 5.58. The van der Waals surface area contributed by atoms with Crippen molar-refractivity contribution < 1.29 is 0 Å². The van der Waals surface area contributed by atoms with Crippen LogP contribution in [0.3, 0.4) is 0 Å². The normalized spacial score (nSPS) is 14.9. The first-order chi connectivity index (χ1) is 6.36. The summed E-state index contributed by atoms with van der Waals surface area (Å²) in [7, 11) is 0. The molecule has 0 aromatic heterocycles. The molecule has 0 atom stereocenters. The Morgan fingerprint density at radius 2 is 2.15 bits per heavy atom. The number of benzene rings is 1. The summed E-state index contributed by atoms with van der Waals surface area (Å²) in [6.07, 6.45) is 8.23. The summed E-state index contributed by atoms with van der Waals surface area (Å²) in [6, 6.07) is 7.90. The summed E-state index contributed by atoms with van der Waals surface area (Å²) >= 11 is 0. The van der Waals surface area contributed by atoms with Gasteiger partial charge in [0.05, 0.1) is 0 Å². The number of hydrogen-bond acceptors (Lipinski definition) is 2. The second-order valence-electron chi connectivity index (χ2n) is 3.02. The van der Waals surface area contributed by atoms with Gasteiger partial charge in [0.15, 0.2) is 0 Å². The second kappa shape index (κ2) is 3.35. The van der Waals surface area contributed by atoms with Crippen LogP contribution >= 0.6 is 0 Å². The Balaban J connectivity index is 2.25. The molecule has 1 aliphatic heterocycles. The van der Waals surface area contributed by atoms with Gasteiger partial charge < -0.3 is 10.6 Å². The molecule has 0 radical (unpaired) electrons. The molecule has 1 aromatic carbocycles. The van der Waals surface area contributed by atoms with Crippen molar-refractivity contribution in [2.75, 3.05) is 17.2 Å². The van der Waals surface area contributed by atoms with Crippen LogP contribution in [0, 0.1) is 0 Å². The summed E-state index contributed by atoms with van der Waals surface area (Å²) in [5.74, 6) is 0. The molecule has 0 saturated heterocycles. The van der Waals surface area contributed by atoms with E-state index < -0.39 is 0 Å². The lowest BCUT2D eigenvalue weighted by atomic mass is 10.2. The van der Waals surface area contributed by atoms with E-state index in [0.717, 1.165) is 17.9 Å². The lowest BCUT2D eigenvalue weighted by Crippen LogP contribution is -2.17. The standard InChI is InChI=1S/C11H12N2/c12-10-5-4-6-11(9-10)13-7-2-1-3-8-13/h1-7,9H,8,12H2. The van der Waals surface area contributed by atoms with Crippen molar-refractivity contribution >= 4 is 11.4 Å². The van der Waals surface area contributed by atoms with Crippen LogP contribution in [-0.2, 0) is 0 Å². The maximum atomic E-state index is 5.70. The fourth-order valence-electron chi connectivity index (χ4n) is 1.36. The van der Waals surface area contributed by atoms with Crippen molar-refractivity contribution in [1.29, 1.82) is 0 Å². The zero-order chi connectivity index (χ0) is 9.10. The number of nitrogens with two attached hydrogens (primary N) is 1. The number of nitrogens with zero attached hydrogens (tertiary/aromatic N) is 1. The van der Waals surface area contributed by atoms with Gasteiger partial charge in [-0.1, -0.05) is 18.2 Å². The summed E-state index contributed by atoms with van der Waals surface area (Å²) in [5, 5.41) is 0. The number of anilines is 2. The van der Waals surface area contributed by atoms with E-state index in [2.05, 4.69) is 23.2 Å². The van der Waals surface area contributed by atoms with Crippen molar-refractivity contribution in [3.63, 3.8) is 0 Å². The summed E-state index contributed by atoms with van der Waals surface area (Å²) in [5.41, 5.74) is 7.64. The van der Waals surface area contributed by atoms with Gasteiger partial charge in [-0.25, -0.2) is 0 Å². The van der Waals surface area contributed by atoms with Gasteiger partial charge >= 0.3 is 0 Å². The minimum Gasteiger partial charge on any atom is -0.399 e. The Bertz CT molecular complexity index is 353. The van der Waals surface area contributed by atoms with Crippen LogP contribution in [-0.4, -0.2) is 6.54 Å². The second-order valence-corrected chi connectivity index (χ2v) is 3.02. The van der Waals surface area contributed by atoms with Gasteiger partial charge in [0.2, 0.25) is 0 Å². The van der Waals surface area contributed by atoms with E-state index in [1.165, 1.54) is 0 Å². The quantitative estimate of drug-likeness (QED) is 0.658. The lowest BCUT2D eigenvalue weighted by Gasteiger charge is -2.20. The fraction of sp³-hybridized carbons (Fsp3) is 0.0909. The zero-order valence-corrected chi connectivity index (χ0v) is 7.35. The Morgan fingerprint density at radius 1 is 1.23 bits per heavy atom. The molecule has 66 valence electrons. The molecule has 2 heteroatoms. The minimum atomic E-state index is 0.806. The van der Waals surface area contributed by atoms with Crippen LogP contribution in [0.4, 0.5) is 11.4 Å². The van der Waals surface area contributed by atoms with Gasteiger partial charge in [-0.15, -0.1) is 0 Å². The van der Waals surface area contributed by atoms with Crippen LogP contribution in [0.2, 0.25) is 0 Å². The van der Waals surface area contributed by atoms with E-state index in [1.54, 1.807) is 0 Å². The Morgan fingerprint density at radius 3 is 2.85 bits per heavy atom. The maximum Gasteiger partial charge on any atom is 0.0429 e. The van der Waals surface area contributed by atoms with Crippen LogP contribution in [0.15, 0.2) is 48.7 Å². The van der Waals surface area contributed by atoms with E-state index in [9.17, 15) is 0 Å². The summed E-state index contributed by atoms with van der Waals surface area (Å²) in [6.45, 7) is 0.917. The number of allylic oxidation sites excluding steroid dienone is 2. The third-order valence-corrected chi connectivity index (χ3v) is 2.02. The van der Waals surface area contributed by atoms with Crippen molar-refractivity contribution in [3.8, 4) is 0 Å². The van der Waals surface area contributed by atoms with Crippen LogP contribution in [0.5, 0.6) is 0 Å². The maximum absolute atomic E-state index is 5.70. The molecule has 0 unspecified atom stereocenters. The SMILES string of the molecule is Nc1cccc(N2C=CC=CC2)c1. The first-order valence-corrected chi connectivity index (χ1v) is 4.32. The molecule has 1 heterocycles. The van der Waals surface area contributed by atoms with Crippen LogP contribution < -0.4 is 10.6 Å². The Labute approximate surface area is 78.0 Å². The van der Waals surface area contributed by atoms with E-state index in [0.29, 0.717) is 0 Å². The van der Waals surface area contributed by atoms with Crippen molar-refractivity contribution in [2.45, 2.75) is 0 Å². The lowest BCUT2D eigenvalue weighted by molar-refractivity contribution is 1.07.